The largest absolute Gasteiger partial charge is 0.456 e. The van der Waals surface area contributed by atoms with Crippen LogP contribution in [0.2, 0.25) is 0 Å². The number of benzene rings is 8. The summed E-state index contributed by atoms with van der Waals surface area (Å²) in [5.74, 6) is 1.86. The van der Waals surface area contributed by atoms with Crippen LogP contribution in [-0.4, -0.2) is 15.0 Å². The molecule has 51 heavy (non-hydrogen) atoms. The Bertz CT molecular complexity index is 2920. The van der Waals surface area contributed by atoms with Gasteiger partial charge in [0.15, 0.2) is 17.5 Å². The van der Waals surface area contributed by atoms with E-state index in [2.05, 4.69) is 146 Å². The standard InChI is InChI=1S/C47H29N3O/c1-2-13-34-29-35(28-25-30(34)11-1)31-23-26-33(27-24-31)45-48-46(39-20-9-14-32-12-3-4-15-36(32)39)50-47(49-45)40-17-6-5-16-37(40)38-19-10-22-43-44(38)41-18-7-8-21-42(41)51-43/h1-29H. The summed E-state index contributed by atoms with van der Waals surface area (Å²) >= 11 is 0. The van der Waals surface area contributed by atoms with E-state index in [-0.39, 0.29) is 0 Å². The lowest BCUT2D eigenvalue weighted by molar-refractivity contribution is 0.669. The number of nitrogens with zero attached hydrogens (tertiary/aromatic N) is 3. The number of hydrogen-bond acceptors (Lipinski definition) is 4. The molecule has 4 heteroatoms. The zero-order valence-electron chi connectivity index (χ0n) is 27.5. The molecule has 4 nitrogen and oxygen atoms in total. The predicted molar refractivity (Wildman–Crippen MR) is 209 cm³/mol. The van der Waals surface area contributed by atoms with Crippen molar-refractivity contribution >= 4 is 43.5 Å². The van der Waals surface area contributed by atoms with Crippen LogP contribution in [-0.2, 0) is 0 Å². The molecule has 2 heterocycles. The van der Waals surface area contributed by atoms with E-state index in [1.807, 2.05) is 30.3 Å². The fourth-order valence-corrected chi connectivity index (χ4v) is 7.26. The molecule has 0 N–H and O–H groups in total. The molecule has 238 valence electrons. The van der Waals surface area contributed by atoms with Gasteiger partial charge in [0.25, 0.3) is 0 Å². The van der Waals surface area contributed by atoms with Gasteiger partial charge in [0.1, 0.15) is 11.2 Å². The SMILES string of the molecule is c1ccc(-c2cccc3oc4ccccc4c23)c(-c2nc(-c3ccc(-c4ccc5ccccc5c4)cc3)nc(-c3cccc4ccccc34)n2)c1. The van der Waals surface area contributed by atoms with E-state index in [0.29, 0.717) is 17.5 Å². The quantitative estimate of drug-likeness (QED) is 0.186. The molecule has 0 aliphatic carbocycles. The molecular weight excluding hydrogens is 623 g/mol. The van der Waals surface area contributed by atoms with Crippen LogP contribution in [0.15, 0.2) is 180 Å². The van der Waals surface area contributed by atoms with Crippen LogP contribution in [0, 0.1) is 0 Å². The Balaban J connectivity index is 1.16. The maximum Gasteiger partial charge on any atom is 0.164 e. The third-order valence-corrected chi connectivity index (χ3v) is 9.75. The number of rotatable bonds is 5. The molecule has 0 radical (unpaired) electrons. The van der Waals surface area contributed by atoms with Crippen molar-refractivity contribution in [3.63, 3.8) is 0 Å². The Morgan fingerprint density at radius 2 is 0.863 bits per heavy atom. The van der Waals surface area contributed by atoms with Crippen molar-refractivity contribution in [3.05, 3.63) is 176 Å². The molecule has 10 rings (SSSR count). The molecule has 10 aromatic rings. The Kier molecular flexibility index (Phi) is 6.78. The zero-order valence-corrected chi connectivity index (χ0v) is 27.5. The first kappa shape index (κ1) is 29.0. The molecule has 2 aromatic heterocycles. The Morgan fingerprint density at radius 3 is 1.73 bits per heavy atom. The van der Waals surface area contributed by atoms with Crippen LogP contribution in [0.1, 0.15) is 0 Å². The number of furan rings is 1. The van der Waals surface area contributed by atoms with Crippen LogP contribution in [0.4, 0.5) is 0 Å². The molecule has 0 saturated heterocycles. The monoisotopic (exact) mass is 651 g/mol. The van der Waals surface area contributed by atoms with Crippen molar-refractivity contribution in [2.75, 3.05) is 0 Å². The lowest BCUT2D eigenvalue weighted by Gasteiger charge is -2.14. The highest BCUT2D eigenvalue weighted by atomic mass is 16.3. The summed E-state index contributed by atoms with van der Waals surface area (Å²) in [6.07, 6.45) is 0. The lowest BCUT2D eigenvalue weighted by Crippen LogP contribution is -2.01. The third kappa shape index (κ3) is 5.04. The zero-order chi connectivity index (χ0) is 33.7. The van der Waals surface area contributed by atoms with Crippen LogP contribution in [0.25, 0.3) is 99.9 Å². The molecular formula is C47H29N3O. The first-order chi connectivity index (χ1) is 25.3. The summed E-state index contributed by atoms with van der Waals surface area (Å²) < 4.78 is 6.28. The highest BCUT2D eigenvalue weighted by Crippen LogP contribution is 2.40. The molecule has 0 aliphatic heterocycles. The molecule has 0 atom stereocenters. The first-order valence-electron chi connectivity index (χ1n) is 17.1. The average Bonchev–Trinajstić information content (AvgIpc) is 3.59. The Labute approximate surface area is 294 Å². The van der Waals surface area contributed by atoms with E-state index >= 15 is 0 Å². The van der Waals surface area contributed by atoms with Gasteiger partial charge in [-0.2, -0.15) is 0 Å². The van der Waals surface area contributed by atoms with Crippen LogP contribution < -0.4 is 0 Å². The van der Waals surface area contributed by atoms with Crippen molar-refractivity contribution in [2.45, 2.75) is 0 Å². The smallest absolute Gasteiger partial charge is 0.164 e. The minimum absolute atomic E-state index is 0.613. The molecule has 0 unspecified atom stereocenters. The number of para-hydroxylation sites is 1. The lowest BCUT2D eigenvalue weighted by atomic mass is 9.95. The highest BCUT2D eigenvalue weighted by Gasteiger charge is 2.19. The van der Waals surface area contributed by atoms with Crippen LogP contribution in [0.3, 0.4) is 0 Å². The molecule has 0 saturated carbocycles. The molecule has 0 amide bonds. The molecule has 8 aromatic carbocycles. The summed E-state index contributed by atoms with van der Waals surface area (Å²) in [6, 6.07) is 61.0. The van der Waals surface area contributed by atoms with E-state index < -0.39 is 0 Å². The van der Waals surface area contributed by atoms with E-state index in [0.717, 1.165) is 66.1 Å². The average molecular weight is 652 g/mol. The number of fused-ring (bicyclic) bond motifs is 5. The normalized spacial score (nSPS) is 11.5. The fraction of sp³-hybridized carbons (Fsp3) is 0. The summed E-state index contributed by atoms with van der Waals surface area (Å²) in [5, 5.41) is 6.84. The van der Waals surface area contributed by atoms with Gasteiger partial charge in [0.2, 0.25) is 0 Å². The van der Waals surface area contributed by atoms with Gasteiger partial charge in [-0.3, -0.25) is 0 Å². The van der Waals surface area contributed by atoms with Gasteiger partial charge in [0, 0.05) is 27.5 Å². The molecule has 0 bridgehead atoms. The fourth-order valence-electron chi connectivity index (χ4n) is 7.26. The topological polar surface area (TPSA) is 51.8 Å². The van der Waals surface area contributed by atoms with E-state index in [4.69, 9.17) is 19.4 Å². The first-order valence-corrected chi connectivity index (χ1v) is 17.1. The van der Waals surface area contributed by atoms with Crippen LogP contribution >= 0.6 is 0 Å². The molecule has 0 spiro atoms. The summed E-state index contributed by atoms with van der Waals surface area (Å²) in [4.78, 5) is 15.5. The van der Waals surface area contributed by atoms with Gasteiger partial charge in [-0.05, 0) is 62.0 Å². The van der Waals surface area contributed by atoms with Gasteiger partial charge in [0.05, 0.1) is 0 Å². The van der Waals surface area contributed by atoms with Gasteiger partial charge in [-0.15, -0.1) is 0 Å². The minimum atomic E-state index is 0.613. The van der Waals surface area contributed by atoms with Gasteiger partial charge in [-0.25, -0.2) is 15.0 Å². The summed E-state index contributed by atoms with van der Waals surface area (Å²) in [7, 11) is 0. The second-order valence-electron chi connectivity index (χ2n) is 12.8. The highest BCUT2D eigenvalue weighted by molar-refractivity contribution is 6.13. The molecule has 0 fully saturated rings. The van der Waals surface area contributed by atoms with E-state index in [1.165, 1.54) is 16.3 Å². The van der Waals surface area contributed by atoms with Crippen molar-refractivity contribution < 1.29 is 4.42 Å². The Hall–Kier alpha value is -6.91. The number of aromatic nitrogens is 3. The van der Waals surface area contributed by atoms with Gasteiger partial charge >= 0.3 is 0 Å². The van der Waals surface area contributed by atoms with E-state index in [9.17, 15) is 0 Å². The summed E-state index contributed by atoms with van der Waals surface area (Å²) in [6.45, 7) is 0. The van der Waals surface area contributed by atoms with Gasteiger partial charge in [-0.1, -0.05) is 158 Å². The maximum absolute atomic E-state index is 6.28. The van der Waals surface area contributed by atoms with Crippen molar-refractivity contribution in [2.24, 2.45) is 0 Å². The second kappa shape index (κ2) is 11.9. The Morgan fingerprint density at radius 1 is 0.314 bits per heavy atom. The third-order valence-electron chi connectivity index (χ3n) is 9.75. The predicted octanol–water partition coefficient (Wildman–Crippen LogP) is 12.4. The van der Waals surface area contributed by atoms with E-state index in [1.54, 1.807) is 0 Å². The molecule has 0 aliphatic rings. The van der Waals surface area contributed by atoms with Crippen molar-refractivity contribution in [1.29, 1.82) is 0 Å². The van der Waals surface area contributed by atoms with Crippen molar-refractivity contribution in [1.82, 2.24) is 15.0 Å². The maximum atomic E-state index is 6.28. The number of hydrogen-bond donors (Lipinski definition) is 0. The summed E-state index contributed by atoms with van der Waals surface area (Å²) in [5.41, 5.74) is 8.93. The van der Waals surface area contributed by atoms with Crippen LogP contribution in [0.5, 0.6) is 0 Å². The second-order valence-corrected chi connectivity index (χ2v) is 12.8. The van der Waals surface area contributed by atoms with Crippen molar-refractivity contribution in [3.8, 4) is 56.4 Å². The van der Waals surface area contributed by atoms with Gasteiger partial charge < -0.3 is 4.42 Å². The minimum Gasteiger partial charge on any atom is -0.456 e.